The van der Waals surface area contributed by atoms with Gasteiger partial charge < -0.3 is 9.84 Å². The van der Waals surface area contributed by atoms with Crippen molar-refractivity contribution in [2.24, 2.45) is 17.8 Å². The molecule has 0 saturated heterocycles. The lowest BCUT2D eigenvalue weighted by Gasteiger charge is -2.20. The van der Waals surface area contributed by atoms with E-state index in [9.17, 15) is 0 Å². The van der Waals surface area contributed by atoms with E-state index < -0.39 is 0 Å². The molecule has 0 heterocycles. The molecule has 0 spiro atoms. The van der Waals surface area contributed by atoms with Crippen LogP contribution in [0.3, 0.4) is 0 Å². The summed E-state index contributed by atoms with van der Waals surface area (Å²) >= 11 is 0. The number of unbranched alkanes of at least 4 members (excludes halogenated alkanes) is 1. The molecule has 0 radical (unpaired) electrons. The fourth-order valence-electron chi connectivity index (χ4n) is 1.84. The van der Waals surface area contributed by atoms with E-state index in [4.69, 9.17) is 9.84 Å². The zero-order chi connectivity index (χ0) is 13.1. The maximum absolute atomic E-state index is 8.96. The van der Waals surface area contributed by atoms with Crippen LogP contribution in [0.15, 0.2) is 0 Å². The van der Waals surface area contributed by atoms with E-state index in [-0.39, 0.29) is 0 Å². The molecule has 17 heavy (non-hydrogen) atoms. The van der Waals surface area contributed by atoms with Gasteiger partial charge in [0, 0.05) is 19.8 Å². The Morgan fingerprint density at radius 2 is 1.71 bits per heavy atom. The summed E-state index contributed by atoms with van der Waals surface area (Å²) < 4.78 is 5.67. The molecule has 2 nitrogen and oxygen atoms in total. The highest BCUT2D eigenvalue weighted by molar-refractivity contribution is 4.63. The Hall–Kier alpha value is -0.0800. The Morgan fingerprint density at radius 1 is 1.00 bits per heavy atom. The Labute approximate surface area is 108 Å². The van der Waals surface area contributed by atoms with Crippen LogP contribution in [0.2, 0.25) is 0 Å². The molecule has 1 unspecified atom stereocenters. The molecule has 0 aliphatic heterocycles. The van der Waals surface area contributed by atoms with Gasteiger partial charge in [0.05, 0.1) is 0 Å². The van der Waals surface area contributed by atoms with Crippen molar-refractivity contribution < 1.29 is 9.84 Å². The molecular formula is C15H32O2. The minimum atomic E-state index is 0.323. The molecule has 0 bridgehead atoms. The van der Waals surface area contributed by atoms with Crippen LogP contribution in [-0.4, -0.2) is 24.9 Å². The monoisotopic (exact) mass is 244 g/mol. The molecular weight excluding hydrogens is 212 g/mol. The van der Waals surface area contributed by atoms with Crippen molar-refractivity contribution in [3.63, 3.8) is 0 Å². The summed E-state index contributed by atoms with van der Waals surface area (Å²) in [4.78, 5) is 0. The Morgan fingerprint density at radius 3 is 2.29 bits per heavy atom. The standard InChI is InChI=1S/C15H32O2/c1-5-6-10-17-12-15(4)14(3)9-7-8-13(2)11-16/h13-16H,5-12H2,1-4H3/t13-,14+,15?/m0/s1. The molecule has 104 valence electrons. The SMILES string of the molecule is CCCCOCC(C)[C@H](C)CCC[C@H](C)CO. The average Bonchev–Trinajstić information content (AvgIpc) is 2.33. The van der Waals surface area contributed by atoms with E-state index in [0.29, 0.717) is 18.4 Å². The lowest BCUT2D eigenvalue weighted by molar-refractivity contribution is 0.0822. The number of rotatable bonds is 11. The molecule has 2 heteroatoms. The first-order valence-corrected chi connectivity index (χ1v) is 7.30. The second-order valence-corrected chi connectivity index (χ2v) is 5.60. The quantitative estimate of drug-likeness (QED) is 0.559. The first kappa shape index (κ1) is 16.9. The molecule has 0 fully saturated rings. The predicted molar refractivity (Wildman–Crippen MR) is 74.2 cm³/mol. The summed E-state index contributed by atoms with van der Waals surface area (Å²) in [6.45, 7) is 11.0. The van der Waals surface area contributed by atoms with E-state index in [1.165, 1.54) is 25.7 Å². The zero-order valence-electron chi connectivity index (χ0n) is 12.2. The van der Waals surface area contributed by atoms with Crippen LogP contribution < -0.4 is 0 Å². The van der Waals surface area contributed by atoms with Gasteiger partial charge in [0.2, 0.25) is 0 Å². The lowest BCUT2D eigenvalue weighted by Crippen LogP contribution is -2.15. The second kappa shape index (κ2) is 11.0. The highest BCUT2D eigenvalue weighted by Gasteiger charge is 2.12. The van der Waals surface area contributed by atoms with Gasteiger partial charge in [0.15, 0.2) is 0 Å². The Balaban J connectivity index is 3.49. The summed E-state index contributed by atoms with van der Waals surface area (Å²) in [5, 5.41) is 8.96. The number of hydrogen-bond acceptors (Lipinski definition) is 2. The van der Waals surface area contributed by atoms with Gasteiger partial charge in [0.25, 0.3) is 0 Å². The minimum Gasteiger partial charge on any atom is -0.396 e. The largest absolute Gasteiger partial charge is 0.396 e. The van der Waals surface area contributed by atoms with Gasteiger partial charge in [-0.3, -0.25) is 0 Å². The van der Waals surface area contributed by atoms with Crippen molar-refractivity contribution in [3.8, 4) is 0 Å². The van der Waals surface area contributed by atoms with Crippen molar-refractivity contribution >= 4 is 0 Å². The second-order valence-electron chi connectivity index (χ2n) is 5.60. The van der Waals surface area contributed by atoms with Gasteiger partial charge in [-0.25, -0.2) is 0 Å². The Bertz CT molecular complexity index is 159. The topological polar surface area (TPSA) is 29.5 Å². The minimum absolute atomic E-state index is 0.323. The third-order valence-electron chi connectivity index (χ3n) is 3.66. The number of ether oxygens (including phenoxy) is 1. The molecule has 3 atom stereocenters. The van der Waals surface area contributed by atoms with Gasteiger partial charge in [-0.2, -0.15) is 0 Å². The zero-order valence-corrected chi connectivity index (χ0v) is 12.2. The van der Waals surface area contributed by atoms with E-state index in [2.05, 4.69) is 27.7 Å². The maximum atomic E-state index is 8.96. The average molecular weight is 244 g/mol. The van der Waals surface area contributed by atoms with E-state index in [1.807, 2.05) is 0 Å². The van der Waals surface area contributed by atoms with Gasteiger partial charge in [-0.1, -0.05) is 47.0 Å². The fraction of sp³-hybridized carbons (Fsp3) is 1.00. The van der Waals surface area contributed by atoms with E-state index in [0.717, 1.165) is 25.6 Å². The Kier molecular flexibility index (Phi) is 11.0. The molecule has 0 aromatic heterocycles. The first-order valence-electron chi connectivity index (χ1n) is 7.30. The number of aliphatic hydroxyl groups excluding tert-OH is 1. The van der Waals surface area contributed by atoms with Crippen molar-refractivity contribution in [1.29, 1.82) is 0 Å². The molecule has 0 amide bonds. The van der Waals surface area contributed by atoms with Crippen LogP contribution in [0.4, 0.5) is 0 Å². The van der Waals surface area contributed by atoms with Crippen LogP contribution >= 0.6 is 0 Å². The van der Waals surface area contributed by atoms with E-state index >= 15 is 0 Å². The molecule has 0 aliphatic rings. The van der Waals surface area contributed by atoms with Gasteiger partial charge in [-0.05, 0) is 30.6 Å². The van der Waals surface area contributed by atoms with Crippen molar-refractivity contribution in [3.05, 3.63) is 0 Å². The third-order valence-corrected chi connectivity index (χ3v) is 3.66. The summed E-state index contributed by atoms with van der Waals surface area (Å²) in [5.41, 5.74) is 0. The molecule has 0 aromatic rings. The molecule has 0 aromatic carbocycles. The normalized spacial score (nSPS) is 16.8. The van der Waals surface area contributed by atoms with Crippen LogP contribution in [0, 0.1) is 17.8 Å². The smallest absolute Gasteiger partial charge is 0.0494 e. The third kappa shape index (κ3) is 9.61. The van der Waals surface area contributed by atoms with Crippen LogP contribution in [0.5, 0.6) is 0 Å². The molecule has 1 N–H and O–H groups in total. The summed E-state index contributed by atoms with van der Waals surface area (Å²) in [5.74, 6) is 1.83. The highest BCUT2D eigenvalue weighted by atomic mass is 16.5. The van der Waals surface area contributed by atoms with Crippen molar-refractivity contribution in [2.75, 3.05) is 19.8 Å². The molecule has 0 aliphatic carbocycles. The van der Waals surface area contributed by atoms with Crippen LogP contribution in [0.25, 0.3) is 0 Å². The number of hydrogen-bond donors (Lipinski definition) is 1. The van der Waals surface area contributed by atoms with Gasteiger partial charge in [0.1, 0.15) is 0 Å². The van der Waals surface area contributed by atoms with Gasteiger partial charge in [-0.15, -0.1) is 0 Å². The summed E-state index contributed by atoms with van der Waals surface area (Å²) in [6, 6.07) is 0. The van der Waals surface area contributed by atoms with E-state index in [1.54, 1.807) is 0 Å². The van der Waals surface area contributed by atoms with Crippen molar-refractivity contribution in [2.45, 2.75) is 59.8 Å². The lowest BCUT2D eigenvalue weighted by atomic mass is 9.90. The summed E-state index contributed by atoms with van der Waals surface area (Å²) in [6.07, 6.45) is 6.01. The first-order chi connectivity index (χ1) is 8.11. The van der Waals surface area contributed by atoms with Crippen molar-refractivity contribution in [1.82, 2.24) is 0 Å². The maximum Gasteiger partial charge on any atom is 0.0494 e. The molecule has 0 rings (SSSR count). The van der Waals surface area contributed by atoms with Crippen LogP contribution in [-0.2, 0) is 4.74 Å². The summed E-state index contributed by atoms with van der Waals surface area (Å²) in [7, 11) is 0. The highest BCUT2D eigenvalue weighted by Crippen LogP contribution is 2.20. The van der Waals surface area contributed by atoms with Crippen LogP contribution in [0.1, 0.15) is 59.8 Å². The number of aliphatic hydroxyl groups is 1. The van der Waals surface area contributed by atoms with Gasteiger partial charge >= 0.3 is 0 Å². The fourth-order valence-corrected chi connectivity index (χ4v) is 1.84. The predicted octanol–water partition coefficient (Wildman–Crippen LogP) is 3.87. The molecule has 0 saturated carbocycles.